The number of nitrogens with zero attached hydrogens (tertiary/aromatic N) is 2. The van der Waals surface area contributed by atoms with Gasteiger partial charge in [-0.2, -0.15) is 5.10 Å². The molecule has 0 radical (unpaired) electrons. The van der Waals surface area contributed by atoms with Gasteiger partial charge in [0, 0.05) is 19.1 Å². The predicted molar refractivity (Wildman–Crippen MR) is 61.6 cm³/mol. The summed E-state index contributed by atoms with van der Waals surface area (Å²) in [6.07, 6.45) is 1.49. The third kappa shape index (κ3) is 3.03. The molecular formula is C9H18N4O2S. The van der Waals surface area contributed by atoms with Gasteiger partial charge in [0.2, 0.25) is 0 Å². The summed E-state index contributed by atoms with van der Waals surface area (Å²) in [5.41, 5.74) is 0. The minimum absolute atomic E-state index is 0.0905. The molecule has 1 aromatic rings. The maximum Gasteiger partial charge on any atom is 0.257 e. The molecule has 6 nitrogen and oxygen atoms in total. The molecule has 0 bridgehead atoms. The molecule has 0 spiro atoms. The number of rotatable bonds is 6. The van der Waals surface area contributed by atoms with Gasteiger partial charge in [0.05, 0.1) is 6.20 Å². The molecule has 0 aromatic carbocycles. The SMILES string of the molecule is CCn1nccc1S(=O)(=O)NCC(C)NC. The summed E-state index contributed by atoms with van der Waals surface area (Å²) in [6, 6.07) is 1.59. The van der Waals surface area contributed by atoms with E-state index in [1.807, 2.05) is 13.8 Å². The van der Waals surface area contributed by atoms with Crippen molar-refractivity contribution < 1.29 is 8.42 Å². The maximum atomic E-state index is 11.9. The van der Waals surface area contributed by atoms with E-state index in [0.717, 1.165) is 0 Å². The van der Waals surface area contributed by atoms with Crippen LogP contribution in [0.3, 0.4) is 0 Å². The Morgan fingerprint density at radius 3 is 2.81 bits per heavy atom. The average molecular weight is 246 g/mol. The molecule has 0 fully saturated rings. The summed E-state index contributed by atoms with van der Waals surface area (Å²) in [5.74, 6) is 0. The van der Waals surface area contributed by atoms with Crippen LogP contribution in [0, 0.1) is 0 Å². The Balaban J connectivity index is 2.78. The van der Waals surface area contributed by atoms with E-state index in [4.69, 9.17) is 0 Å². The van der Waals surface area contributed by atoms with Crippen LogP contribution in [0.1, 0.15) is 13.8 Å². The molecule has 1 unspecified atom stereocenters. The van der Waals surface area contributed by atoms with Crippen molar-refractivity contribution in [1.29, 1.82) is 0 Å². The van der Waals surface area contributed by atoms with E-state index in [0.29, 0.717) is 13.1 Å². The van der Waals surface area contributed by atoms with Gasteiger partial charge in [-0.05, 0) is 27.0 Å². The van der Waals surface area contributed by atoms with Crippen molar-refractivity contribution in [2.45, 2.75) is 31.5 Å². The molecule has 2 N–H and O–H groups in total. The molecule has 0 aliphatic carbocycles. The van der Waals surface area contributed by atoms with E-state index in [2.05, 4.69) is 15.1 Å². The summed E-state index contributed by atoms with van der Waals surface area (Å²) >= 11 is 0. The van der Waals surface area contributed by atoms with Crippen molar-refractivity contribution in [3.63, 3.8) is 0 Å². The molecule has 0 amide bonds. The molecule has 1 aromatic heterocycles. The highest BCUT2D eigenvalue weighted by atomic mass is 32.2. The van der Waals surface area contributed by atoms with E-state index in [9.17, 15) is 8.42 Å². The van der Waals surface area contributed by atoms with Gasteiger partial charge in [0.15, 0.2) is 5.03 Å². The summed E-state index contributed by atoms with van der Waals surface area (Å²) < 4.78 is 27.8. The third-order valence-corrected chi connectivity index (χ3v) is 3.77. The Kier molecular flexibility index (Phi) is 4.45. The molecule has 0 aliphatic heterocycles. The highest BCUT2D eigenvalue weighted by Crippen LogP contribution is 2.07. The van der Waals surface area contributed by atoms with Crippen LogP contribution in [-0.2, 0) is 16.6 Å². The number of likely N-dealkylation sites (N-methyl/N-ethyl adjacent to an activating group) is 1. The first kappa shape index (κ1) is 13.1. The van der Waals surface area contributed by atoms with E-state index >= 15 is 0 Å². The van der Waals surface area contributed by atoms with E-state index < -0.39 is 10.0 Å². The highest BCUT2D eigenvalue weighted by Gasteiger charge is 2.18. The van der Waals surface area contributed by atoms with Crippen LogP contribution in [0.4, 0.5) is 0 Å². The zero-order chi connectivity index (χ0) is 12.2. The van der Waals surface area contributed by atoms with Crippen LogP contribution in [-0.4, -0.2) is 37.8 Å². The van der Waals surface area contributed by atoms with Gasteiger partial charge < -0.3 is 5.32 Å². The summed E-state index contributed by atoms with van der Waals surface area (Å²) in [7, 11) is -1.67. The molecule has 1 rings (SSSR count). The summed E-state index contributed by atoms with van der Waals surface area (Å²) in [4.78, 5) is 0. The van der Waals surface area contributed by atoms with Crippen molar-refractivity contribution in [3.8, 4) is 0 Å². The van der Waals surface area contributed by atoms with Crippen molar-refractivity contribution in [2.75, 3.05) is 13.6 Å². The molecule has 7 heteroatoms. The standard InChI is InChI=1S/C9H18N4O2S/c1-4-13-9(5-6-11-13)16(14,15)12-7-8(2)10-3/h5-6,8,10,12H,4,7H2,1-3H3. The number of aromatic nitrogens is 2. The monoisotopic (exact) mass is 246 g/mol. The number of hydrogen-bond acceptors (Lipinski definition) is 4. The van der Waals surface area contributed by atoms with E-state index in [-0.39, 0.29) is 11.1 Å². The predicted octanol–water partition coefficient (Wildman–Crippen LogP) is -0.211. The van der Waals surface area contributed by atoms with E-state index in [1.54, 1.807) is 7.05 Å². The summed E-state index contributed by atoms with van der Waals surface area (Å²) in [6.45, 7) is 4.64. The lowest BCUT2D eigenvalue weighted by molar-refractivity contribution is 0.530. The fourth-order valence-electron chi connectivity index (χ4n) is 1.20. The van der Waals surface area contributed by atoms with Gasteiger partial charge in [-0.15, -0.1) is 0 Å². The van der Waals surface area contributed by atoms with Crippen LogP contribution in [0.15, 0.2) is 17.3 Å². The average Bonchev–Trinajstić information content (AvgIpc) is 2.74. The number of aryl methyl sites for hydroxylation is 1. The highest BCUT2D eigenvalue weighted by molar-refractivity contribution is 7.89. The first-order valence-corrected chi connectivity index (χ1v) is 6.68. The molecule has 92 valence electrons. The zero-order valence-corrected chi connectivity index (χ0v) is 10.6. The van der Waals surface area contributed by atoms with Crippen LogP contribution in [0.5, 0.6) is 0 Å². The largest absolute Gasteiger partial charge is 0.316 e. The topological polar surface area (TPSA) is 76.0 Å². The second-order valence-electron chi connectivity index (χ2n) is 3.53. The minimum atomic E-state index is -3.45. The molecule has 1 heterocycles. The normalized spacial score (nSPS) is 13.9. The maximum absolute atomic E-state index is 11.9. The molecule has 16 heavy (non-hydrogen) atoms. The van der Waals surface area contributed by atoms with Crippen molar-refractivity contribution in [1.82, 2.24) is 19.8 Å². The number of nitrogens with one attached hydrogen (secondary N) is 2. The van der Waals surface area contributed by atoms with Crippen LogP contribution < -0.4 is 10.0 Å². The Hall–Kier alpha value is -0.920. The Morgan fingerprint density at radius 2 is 2.25 bits per heavy atom. The lowest BCUT2D eigenvalue weighted by Gasteiger charge is -2.12. The van der Waals surface area contributed by atoms with Gasteiger partial charge >= 0.3 is 0 Å². The second-order valence-corrected chi connectivity index (χ2v) is 5.24. The molecule has 1 atom stereocenters. The summed E-state index contributed by atoms with van der Waals surface area (Å²) in [5, 5.41) is 7.10. The number of hydrogen-bond donors (Lipinski definition) is 2. The molecule has 0 aliphatic rings. The smallest absolute Gasteiger partial charge is 0.257 e. The second kappa shape index (κ2) is 5.42. The molecular weight excluding hydrogens is 228 g/mol. The van der Waals surface area contributed by atoms with Crippen molar-refractivity contribution in [2.24, 2.45) is 0 Å². The van der Waals surface area contributed by atoms with Gasteiger partial charge in [-0.1, -0.05) is 0 Å². The van der Waals surface area contributed by atoms with Crippen molar-refractivity contribution >= 4 is 10.0 Å². The Morgan fingerprint density at radius 1 is 1.56 bits per heavy atom. The third-order valence-electron chi connectivity index (χ3n) is 2.32. The lowest BCUT2D eigenvalue weighted by Crippen LogP contribution is -2.37. The molecule has 0 saturated heterocycles. The minimum Gasteiger partial charge on any atom is -0.316 e. The first-order chi connectivity index (χ1) is 7.51. The molecule has 0 saturated carbocycles. The first-order valence-electron chi connectivity index (χ1n) is 5.20. The Labute approximate surface area is 96.1 Å². The van der Waals surface area contributed by atoms with Crippen molar-refractivity contribution in [3.05, 3.63) is 12.3 Å². The quantitative estimate of drug-likeness (QED) is 0.728. The fraction of sp³-hybridized carbons (Fsp3) is 0.667. The fourth-order valence-corrected chi connectivity index (χ4v) is 2.51. The zero-order valence-electron chi connectivity index (χ0n) is 9.77. The van der Waals surface area contributed by atoms with Crippen LogP contribution in [0.25, 0.3) is 0 Å². The van der Waals surface area contributed by atoms with Crippen LogP contribution in [0.2, 0.25) is 0 Å². The van der Waals surface area contributed by atoms with Gasteiger partial charge in [0.25, 0.3) is 10.0 Å². The van der Waals surface area contributed by atoms with Gasteiger partial charge in [0.1, 0.15) is 0 Å². The van der Waals surface area contributed by atoms with Crippen LogP contribution >= 0.6 is 0 Å². The lowest BCUT2D eigenvalue weighted by atomic mass is 10.4. The van der Waals surface area contributed by atoms with Gasteiger partial charge in [-0.25, -0.2) is 13.1 Å². The van der Waals surface area contributed by atoms with E-state index in [1.165, 1.54) is 16.9 Å². The Bertz CT molecular complexity index is 426. The van der Waals surface area contributed by atoms with Gasteiger partial charge in [-0.3, -0.25) is 4.68 Å². The number of sulfonamides is 1.